The number of hydrogen-bond donors (Lipinski definition) is 4. The maximum atomic E-state index is 10.9. The Balaban J connectivity index is 4.71. The Labute approximate surface area is 75.4 Å². The maximum Gasteiger partial charge on any atom is 0.258 e. The largest absolute Gasteiger partial charge is 0.390 e. The van der Waals surface area contributed by atoms with Crippen molar-refractivity contribution in [1.82, 2.24) is 0 Å². The number of hydrogen-bond acceptors (Lipinski definition) is 6. The van der Waals surface area contributed by atoms with Crippen LogP contribution in [0.4, 0.5) is 0 Å². The molecule has 6 heteroatoms. The molecule has 0 saturated heterocycles. The van der Waals surface area contributed by atoms with Gasteiger partial charge >= 0.3 is 0 Å². The monoisotopic (exact) mass is 194 g/mol. The second kappa shape index (κ2) is 4.64. The minimum atomic E-state index is -2.55. The van der Waals surface area contributed by atoms with Crippen molar-refractivity contribution in [1.29, 1.82) is 0 Å². The molecule has 0 saturated carbocycles. The number of Topliss-reactive ketones (excluding diaryl/α,β-unsaturated/α-hetero) is 1. The van der Waals surface area contributed by atoms with Gasteiger partial charge in [0, 0.05) is 7.11 Å². The second-order valence-corrected chi connectivity index (χ2v) is 2.67. The first-order valence-corrected chi connectivity index (χ1v) is 3.68. The molecule has 4 N–H and O–H groups in total. The zero-order chi connectivity index (χ0) is 10.6. The molecular formula is C7H14O6. The van der Waals surface area contributed by atoms with E-state index in [0.717, 1.165) is 7.11 Å². The minimum Gasteiger partial charge on any atom is -0.390 e. The van der Waals surface area contributed by atoms with Crippen molar-refractivity contribution in [2.45, 2.75) is 24.9 Å². The van der Waals surface area contributed by atoms with Crippen LogP contribution >= 0.6 is 0 Å². The Bertz CT molecular complexity index is 180. The van der Waals surface area contributed by atoms with E-state index in [9.17, 15) is 15.0 Å². The molecule has 0 radical (unpaired) electrons. The van der Waals surface area contributed by atoms with Crippen molar-refractivity contribution in [3.05, 3.63) is 0 Å². The van der Waals surface area contributed by atoms with Gasteiger partial charge in [-0.1, -0.05) is 0 Å². The minimum absolute atomic E-state index is 0.978. The van der Waals surface area contributed by atoms with Crippen LogP contribution in [0.1, 0.15) is 6.92 Å². The van der Waals surface area contributed by atoms with Gasteiger partial charge in [0.05, 0.1) is 6.10 Å². The molecule has 0 spiro atoms. The molecule has 3 atom stereocenters. The summed E-state index contributed by atoms with van der Waals surface area (Å²) in [5, 5.41) is 35.9. The SMILES string of the molecule is CO[C@@](O)(C(=O)CO)[C@H](O)[C@@H](C)O. The van der Waals surface area contributed by atoms with Crippen LogP contribution in [0.25, 0.3) is 0 Å². The van der Waals surface area contributed by atoms with Gasteiger partial charge in [0.2, 0.25) is 5.78 Å². The number of ether oxygens (including phenoxy) is 1. The fourth-order valence-corrected chi connectivity index (χ4v) is 0.840. The highest BCUT2D eigenvalue weighted by atomic mass is 16.6. The third-order valence-electron chi connectivity index (χ3n) is 1.71. The topological polar surface area (TPSA) is 107 Å². The van der Waals surface area contributed by atoms with Gasteiger partial charge in [0.25, 0.3) is 5.79 Å². The standard InChI is InChI=1S/C7H14O6/c1-4(9)6(11)7(12,13-2)5(10)3-8/h4,6,8-9,11-12H,3H2,1-2H3/t4-,6-,7+/m1/s1. The third-order valence-corrected chi connectivity index (χ3v) is 1.71. The second-order valence-electron chi connectivity index (χ2n) is 2.67. The van der Waals surface area contributed by atoms with Gasteiger partial charge in [-0.25, -0.2) is 0 Å². The number of ketones is 1. The summed E-state index contributed by atoms with van der Waals surface area (Å²) >= 11 is 0. The highest BCUT2D eigenvalue weighted by molar-refractivity contribution is 5.87. The number of rotatable bonds is 5. The molecular weight excluding hydrogens is 180 g/mol. The zero-order valence-corrected chi connectivity index (χ0v) is 7.47. The van der Waals surface area contributed by atoms with Crippen LogP contribution in [0, 0.1) is 0 Å². The van der Waals surface area contributed by atoms with Gasteiger partial charge in [0.1, 0.15) is 12.7 Å². The molecule has 0 aromatic carbocycles. The van der Waals surface area contributed by atoms with Crippen molar-refractivity contribution in [3.8, 4) is 0 Å². The smallest absolute Gasteiger partial charge is 0.258 e. The van der Waals surface area contributed by atoms with Crippen LogP contribution in [0.3, 0.4) is 0 Å². The quantitative estimate of drug-likeness (QED) is 0.364. The molecule has 0 aliphatic carbocycles. The van der Waals surface area contributed by atoms with Gasteiger partial charge in [-0.3, -0.25) is 4.79 Å². The molecule has 0 fully saturated rings. The van der Waals surface area contributed by atoms with E-state index in [1.54, 1.807) is 0 Å². The molecule has 0 rings (SSSR count). The van der Waals surface area contributed by atoms with E-state index in [4.69, 9.17) is 10.2 Å². The van der Waals surface area contributed by atoms with E-state index in [2.05, 4.69) is 4.74 Å². The molecule has 0 bridgehead atoms. The molecule has 0 aromatic heterocycles. The van der Waals surface area contributed by atoms with Gasteiger partial charge in [0.15, 0.2) is 0 Å². The normalized spacial score (nSPS) is 20.5. The summed E-state index contributed by atoms with van der Waals surface area (Å²) in [5.41, 5.74) is 0. The fraction of sp³-hybridized carbons (Fsp3) is 0.857. The van der Waals surface area contributed by atoms with Crippen molar-refractivity contribution < 1.29 is 30.0 Å². The molecule has 78 valence electrons. The number of aliphatic hydroxyl groups is 4. The maximum absolute atomic E-state index is 10.9. The number of methoxy groups -OCH3 is 1. The van der Waals surface area contributed by atoms with E-state index in [-0.39, 0.29) is 0 Å². The number of carbonyl (C=O) groups is 1. The summed E-state index contributed by atoms with van der Waals surface area (Å²) < 4.78 is 4.35. The van der Waals surface area contributed by atoms with Crippen LogP contribution in [-0.4, -0.2) is 57.9 Å². The van der Waals surface area contributed by atoms with Gasteiger partial charge in [-0.15, -0.1) is 0 Å². The molecule has 0 aliphatic heterocycles. The molecule has 0 amide bonds. The molecule has 0 aliphatic rings. The van der Waals surface area contributed by atoms with Crippen molar-refractivity contribution in [2.75, 3.05) is 13.7 Å². The summed E-state index contributed by atoms with van der Waals surface area (Å²) in [4.78, 5) is 10.9. The van der Waals surface area contributed by atoms with Crippen LogP contribution in [-0.2, 0) is 9.53 Å². The van der Waals surface area contributed by atoms with Crippen LogP contribution < -0.4 is 0 Å². The van der Waals surface area contributed by atoms with Gasteiger partial charge in [-0.05, 0) is 6.92 Å². The highest BCUT2D eigenvalue weighted by Crippen LogP contribution is 2.16. The Kier molecular flexibility index (Phi) is 4.45. The Morgan fingerprint density at radius 3 is 2.23 bits per heavy atom. The third kappa shape index (κ3) is 2.45. The van der Waals surface area contributed by atoms with E-state index < -0.39 is 30.4 Å². The Hall–Kier alpha value is -0.530. The molecule has 13 heavy (non-hydrogen) atoms. The Morgan fingerprint density at radius 1 is 1.54 bits per heavy atom. The molecule has 0 aromatic rings. The van der Waals surface area contributed by atoms with Crippen LogP contribution in [0.2, 0.25) is 0 Å². The fourth-order valence-electron chi connectivity index (χ4n) is 0.840. The summed E-state index contributed by atoms with van der Waals surface area (Å²) in [5.74, 6) is -3.66. The van der Waals surface area contributed by atoms with Gasteiger partial charge < -0.3 is 25.2 Å². The average molecular weight is 194 g/mol. The first-order chi connectivity index (χ1) is 5.90. The Morgan fingerprint density at radius 2 is 2.00 bits per heavy atom. The summed E-state index contributed by atoms with van der Waals surface area (Å²) in [7, 11) is 0.985. The lowest BCUT2D eigenvalue weighted by Gasteiger charge is -2.30. The first-order valence-electron chi connectivity index (χ1n) is 3.68. The van der Waals surface area contributed by atoms with E-state index in [0.29, 0.717) is 0 Å². The average Bonchev–Trinajstić information content (AvgIpc) is 2.13. The summed E-state index contributed by atoms with van der Waals surface area (Å²) in [6.07, 6.45) is -3.14. The van der Waals surface area contributed by atoms with Crippen molar-refractivity contribution in [3.63, 3.8) is 0 Å². The lowest BCUT2D eigenvalue weighted by molar-refractivity contribution is -0.248. The number of aliphatic hydroxyl groups excluding tert-OH is 3. The van der Waals surface area contributed by atoms with Crippen molar-refractivity contribution in [2.24, 2.45) is 0 Å². The summed E-state index contributed by atoms with van der Waals surface area (Å²) in [6.45, 7) is 0.202. The van der Waals surface area contributed by atoms with E-state index >= 15 is 0 Å². The molecule has 0 heterocycles. The zero-order valence-electron chi connectivity index (χ0n) is 7.47. The molecule has 6 nitrogen and oxygen atoms in total. The lowest BCUT2D eigenvalue weighted by Crippen LogP contribution is -2.56. The number of carbonyl (C=O) groups excluding carboxylic acids is 1. The molecule has 0 unspecified atom stereocenters. The van der Waals surface area contributed by atoms with Crippen molar-refractivity contribution >= 4 is 5.78 Å². The van der Waals surface area contributed by atoms with Gasteiger partial charge in [-0.2, -0.15) is 0 Å². The first kappa shape index (κ1) is 12.5. The summed E-state index contributed by atoms with van der Waals surface area (Å²) in [6, 6.07) is 0. The van der Waals surface area contributed by atoms with E-state index in [1.807, 2.05) is 0 Å². The highest BCUT2D eigenvalue weighted by Gasteiger charge is 2.45. The lowest BCUT2D eigenvalue weighted by atomic mass is 10.0. The van der Waals surface area contributed by atoms with Crippen LogP contribution in [0.15, 0.2) is 0 Å². The predicted octanol–water partition coefficient (Wildman–Crippen LogP) is -2.38. The predicted molar refractivity (Wildman–Crippen MR) is 41.7 cm³/mol. The van der Waals surface area contributed by atoms with Crippen LogP contribution in [0.5, 0.6) is 0 Å². The van der Waals surface area contributed by atoms with E-state index in [1.165, 1.54) is 6.92 Å².